The fourth-order valence-electron chi connectivity index (χ4n) is 2.81. The van der Waals surface area contributed by atoms with E-state index in [-0.39, 0.29) is 5.69 Å². The molecule has 1 aliphatic heterocycles. The summed E-state index contributed by atoms with van der Waals surface area (Å²) in [6.07, 6.45) is 1.26. The summed E-state index contributed by atoms with van der Waals surface area (Å²) in [7, 11) is 0. The first-order chi connectivity index (χ1) is 12.6. The largest absolute Gasteiger partial charge is 0.378 e. The van der Waals surface area contributed by atoms with Crippen molar-refractivity contribution in [2.75, 3.05) is 36.5 Å². The molecule has 134 valence electrons. The number of rotatable bonds is 4. The van der Waals surface area contributed by atoms with Gasteiger partial charge in [0.2, 0.25) is 0 Å². The van der Waals surface area contributed by atoms with Crippen LogP contribution in [0.25, 0.3) is 10.2 Å². The van der Waals surface area contributed by atoms with Gasteiger partial charge in [0.05, 0.1) is 28.4 Å². The van der Waals surface area contributed by atoms with Crippen LogP contribution in [0, 0.1) is 17.0 Å². The van der Waals surface area contributed by atoms with Crippen LogP contribution in [0.5, 0.6) is 0 Å². The second-order valence-corrected chi connectivity index (χ2v) is 7.03. The van der Waals surface area contributed by atoms with Gasteiger partial charge in [-0.25, -0.2) is 9.97 Å². The van der Waals surface area contributed by atoms with E-state index < -0.39 is 4.92 Å². The zero-order chi connectivity index (χ0) is 18.1. The SMILES string of the molecule is Cc1cc([N+](=O)[O-])cnc1Nc1ccc2nc(N3CCOCC3)sc2c1. The van der Waals surface area contributed by atoms with Crippen LogP contribution in [0.1, 0.15) is 5.56 Å². The third-order valence-corrected chi connectivity index (χ3v) is 5.28. The topological polar surface area (TPSA) is 93.4 Å². The number of nitrogens with zero attached hydrogens (tertiary/aromatic N) is 4. The quantitative estimate of drug-likeness (QED) is 0.554. The lowest BCUT2D eigenvalue weighted by atomic mass is 10.2. The summed E-state index contributed by atoms with van der Waals surface area (Å²) >= 11 is 1.65. The van der Waals surface area contributed by atoms with Gasteiger partial charge >= 0.3 is 0 Å². The molecule has 9 heteroatoms. The van der Waals surface area contributed by atoms with Gasteiger partial charge in [-0.15, -0.1) is 0 Å². The fourth-order valence-corrected chi connectivity index (χ4v) is 3.86. The number of benzene rings is 1. The Bertz CT molecular complexity index is 968. The van der Waals surface area contributed by atoms with Crippen molar-refractivity contribution in [1.82, 2.24) is 9.97 Å². The van der Waals surface area contributed by atoms with Crippen LogP contribution in [-0.4, -0.2) is 41.2 Å². The summed E-state index contributed by atoms with van der Waals surface area (Å²) in [5.41, 5.74) is 2.54. The zero-order valence-electron chi connectivity index (χ0n) is 14.1. The molecule has 1 aromatic carbocycles. The smallest absolute Gasteiger partial charge is 0.287 e. The number of nitro groups is 1. The molecular formula is C17H17N5O3S. The van der Waals surface area contributed by atoms with E-state index in [4.69, 9.17) is 9.72 Å². The highest BCUT2D eigenvalue weighted by Gasteiger charge is 2.16. The predicted octanol–water partition coefficient (Wildman–Crippen LogP) is 3.49. The first-order valence-corrected chi connectivity index (χ1v) is 9.03. The molecule has 0 radical (unpaired) electrons. The summed E-state index contributed by atoms with van der Waals surface area (Å²) in [4.78, 5) is 21.5. The van der Waals surface area contributed by atoms with Crippen molar-refractivity contribution < 1.29 is 9.66 Å². The highest BCUT2D eigenvalue weighted by atomic mass is 32.1. The van der Waals surface area contributed by atoms with Gasteiger partial charge in [0, 0.05) is 24.8 Å². The summed E-state index contributed by atoms with van der Waals surface area (Å²) in [5, 5.41) is 15.1. The maximum atomic E-state index is 10.8. The van der Waals surface area contributed by atoms with E-state index >= 15 is 0 Å². The molecule has 2 aromatic heterocycles. The maximum absolute atomic E-state index is 10.8. The third kappa shape index (κ3) is 3.31. The molecule has 8 nitrogen and oxygen atoms in total. The molecule has 4 rings (SSSR count). The Kier molecular flexibility index (Phi) is 4.39. The standard InChI is InChI=1S/C17H17N5O3S/c1-11-8-13(22(23)24)10-18-16(11)19-12-2-3-14-15(9-12)26-17(20-14)21-4-6-25-7-5-21/h2-3,8-10H,4-7H2,1H3,(H,18,19). The van der Waals surface area contributed by atoms with E-state index in [1.165, 1.54) is 12.3 Å². The molecule has 0 bridgehead atoms. The summed E-state index contributed by atoms with van der Waals surface area (Å²) in [6, 6.07) is 7.45. The van der Waals surface area contributed by atoms with Crippen molar-refractivity contribution in [1.29, 1.82) is 0 Å². The van der Waals surface area contributed by atoms with Crippen LogP contribution in [-0.2, 0) is 4.74 Å². The van der Waals surface area contributed by atoms with Crippen molar-refractivity contribution in [3.05, 3.63) is 46.1 Å². The second kappa shape index (κ2) is 6.85. The number of pyridine rings is 1. The van der Waals surface area contributed by atoms with Crippen LogP contribution in [0.4, 0.5) is 22.3 Å². The van der Waals surface area contributed by atoms with Gasteiger partial charge in [0.1, 0.15) is 12.0 Å². The number of thiazole rings is 1. The van der Waals surface area contributed by atoms with Crippen LogP contribution in [0.15, 0.2) is 30.5 Å². The molecule has 0 spiro atoms. The van der Waals surface area contributed by atoms with Crippen molar-refractivity contribution in [3.63, 3.8) is 0 Å². The van der Waals surface area contributed by atoms with Crippen molar-refractivity contribution >= 4 is 43.9 Å². The molecule has 0 atom stereocenters. The Morgan fingerprint density at radius 1 is 1.31 bits per heavy atom. The number of fused-ring (bicyclic) bond motifs is 1. The molecule has 0 unspecified atom stereocenters. The minimum absolute atomic E-state index is 0.0129. The Balaban J connectivity index is 1.58. The Morgan fingerprint density at radius 2 is 2.12 bits per heavy atom. The maximum Gasteiger partial charge on any atom is 0.287 e. The van der Waals surface area contributed by atoms with Crippen molar-refractivity contribution in [3.8, 4) is 0 Å². The number of hydrogen-bond donors (Lipinski definition) is 1. The molecule has 3 aromatic rings. The molecule has 0 amide bonds. The van der Waals surface area contributed by atoms with Crippen LogP contribution in [0.2, 0.25) is 0 Å². The van der Waals surface area contributed by atoms with Gasteiger partial charge < -0.3 is 15.0 Å². The minimum atomic E-state index is -0.444. The summed E-state index contributed by atoms with van der Waals surface area (Å²) in [5.74, 6) is 0.605. The monoisotopic (exact) mass is 371 g/mol. The van der Waals surface area contributed by atoms with E-state index in [0.29, 0.717) is 5.82 Å². The molecule has 1 saturated heterocycles. The summed E-state index contributed by atoms with van der Waals surface area (Å²) < 4.78 is 6.47. The number of ether oxygens (including phenoxy) is 1. The van der Waals surface area contributed by atoms with Gasteiger partial charge in [-0.2, -0.15) is 0 Å². The molecule has 1 aliphatic rings. The van der Waals surface area contributed by atoms with Crippen LogP contribution >= 0.6 is 11.3 Å². The van der Waals surface area contributed by atoms with Crippen molar-refractivity contribution in [2.24, 2.45) is 0 Å². The van der Waals surface area contributed by atoms with E-state index in [9.17, 15) is 10.1 Å². The van der Waals surface area contributed by atoms with E-state index in [2.05, 4.69) is 15.2 Å². The fraction of sp³-hybridized carbons (Fsp3) is 0.294. The van der Waals surface area contributed by atoms with Gasteiger partial charge in [-0.3, -0.25) is 10.1 Å². The number of aryl methyl sites for hydroxylation is 1. The average Bonchev–Trinajstić information content (AvgIpc) is 3.07. The van der Waals surface area contributed by atoms with E-state index in [0.717, 1.165) is 52.9 Å². The Hall–Kier alpha value is -2.78. The minimum Gasteiger partial charge on any atom is -0.378 e. The highest BCUT2D eigenvalue weighted by Crippen LogP contribution is 2.32. The van der Waals surface area contributed by atoms with E-state index in [1.807, 2.05) is 18.2 Å². The van der Waals surface area contributed by atoms with Gasteiger partial charge in [0.25, 0.3) is 5.69 Å². The number of hydrogen-bond acceptors (Lipinski definition) is 8. The molecule has 26 heavy (non-hydrogen) atoms. The molecule has 0 aliphatic carbocycles. The average molecular weight is 371 g/mol. The molecule has 1 N–H and O–H groups in total. The molecule has 0 saturated carbocycles. The number of morpholine rings is 1. The summed E-state index contributed by atoms with van der Waals surface area (Å²) in [6.45, 7) is 4.97. The first kappa shape index (κ1) is 16.7. The van der Waals surface area contributed by atoms with Crippen LogP contribution in [0.3, 0.4) is 0 Å². The van der Waals surface area contributed by atoms with Gasteiger partial charge in [-0.1, -0.05) is 11.3 Å². The third-order valence-electron chi connectivity index (χ3n) is 4.20. The lowest BCUT2D eigenvalue weighted by molar-refractivity contribution is -0.385. The lowest BCUT2D eigenvalue weighted by Gasteiger charge is -2.25. The Morgan fingerprint density at radius 3 is 2.85 bits per heavy atom. The molecule has 1 fully saturated rings. The lowest BCUT2D eigenvalue weighted by Crippen LogP contribution is -2.36. The zero-order valence-corrected chi connectivity index (χ0v) is 15.0. The van der Waals surface area contributed by atoms with Crippen LogP contribution < -0.4 is 10.2 Å². The number of anilines is 3. The van der Waals surface area contributed by atoms with E-state index in [1.54, 1.807) is 18.3 Å². The van der Waals surface area contributed by atoms with Gasteiger partial charge in [-0.05, 0) is 30.7 Å². The number of aromatic nitrogens is 2. The van der Waals surface area contributed by atoms with Crippen molar-refractivity contribution in [2.45, 2.75) is 6.92 Å². The van der Waals surface area contributed by atoms with Gasteiger partial charge in [0.15, 0.2) is 5.13 Å². The normalized spacial score (nSPS) is 14.6. The molecule has 3 heterocycles. The number of nitrogens with one attached hydrogen (secondary N) is 1. The second-order valence-electron chi connectivity index (χ2n) is 6.02. The first-order valence-electron chi connectivity index (χ1n) is 8.21. The Labute approximate surface area is 153 Å². The predicted molar refractivity (Wildman–Crippen MR) is 102 cm³/mol. The highest BCUT2D eigenvalue weighted by molar-refractivity contribution is 7.22. The molecular weight excluding hydrogens is 354 g/mol.